The van der Waals surface area contributed by atoms with Crippen molar-refractivity contribution >= 4 is 145 Å². The predicted octanol–water partition coefficient (Wildman–Crippen LogP) is 19.7. The van der Waals surface area contributed by atoms with Gasteiger partial charge in [-0.15, -0.1) is 0 Å². The molecule has 6 heterocycles. The quantitative estimate of drug-likeness (QED) is 0.128. The third-order valence-electron chi connectivity index (χ3n) is 18.9. The first-order valence-corrected chi connectivity index (χ1v) is 30.7. The number of para-hydroxylation sites is 6. The molecule has 17 rings (SSSR count). The van der Waals surface area contributed by atoms with E-state index in [-0.39, 0.29) is 12.1 Å². The normalized spacial score (nSPS) is 13.2. The van der Waals surface area contributed by atoms with Crippen LogP contribution in [0.1, 0.15) is 77.0 Å². The summed E-state index contributed by atoms with van der Waals surface area (Å²) in [6.07, 6.45) is 6.01. The van der Waals surface area contributed by atoms with Gasteiger partial charge < -0.3 is 27.8 Å². The Bertz CT molecular complexity index is 4830. The lowest BCUT2D eigenvalue weighted by Gasteiger charge is -2.46. The molecule has 0 atom stereocenters. The van der Waals surface area contributed by atoms with Crippen molar-refractivity contribution in [3.8, 4) is 11.4 Å². The molecule has 0 amide bonds. The first kappa shape index (κ1) is 49.9. The second-order valence-electron chi connectivity index (χ2n) is 24.8. The number of aryl methyl sites for hydroxylation is 2. The zero-order chi connectivity index (χ0) is 56.8. The van der Waals surface area contributed by atoms with Crippen LogP contribution in [0.15, 0.2) is 227 Å². The van der Waals surface area contributed by atoms with Crippen molar-refractivity contribution in [1.29, 1.82) is 0 Å². The minimum atomic E-state index is -0.236. The van der Waals surface area contributed by atoms with Gasteiger partial charge in [0.2, 0.25) is 0 Å². The van der Waals surface area contributed by atoms with Crippen LogP contribution in [0.25, 0.3) is 98.9 Å². The van der Waals surface area contributed by atoms with E-state index < -0.39 is 0 Å². The number of anilines is 6. The Kier molecular flexibility index (Phi) is 11.1. The molecule has 0 saturated carbocycles. The average Bonchev–Trinajstić information content (AvgIpc) is 1.42. The minimum Gasteiger partial charge on any atom is -0.456 e. The first-order valence-electron chi connectivity index (χ1n) is 30.7. The largest absolute Gasteiger partial charge is 0.456 e. The van der Waals surface area contributed by atoms with Crippen LogP contribution in [0.2, 0.25) is 0 Å². The van der Waals surface area contributed by atoms with Gasteiger partial charge in [-0.1, -0.05) is 169 Å². The molecule has 0 saturated heterocycles. The van der Waals surface area contributed by atoms with E-state index in [1.807, 2.05) is 0 Å². The van der Waals surface area contributed by atoms with Crippen LogP contribution >= 0.6 is 0 Å². The number of rotatable bonds is 10. The molecule has 0 fully saturated rings. The van der Waals surface area contributed by atoms with Gasteiger partial charge >= 0.3 is 0 Å². The van der Waals surface area contributed by atoms with E-state index >= 15 is 0 Å². The molecular weight excluding hydrogens is 1040 g/mol. The molecule has 0 N–H and O–H groups in total. The molecule has 410 valence electrons. The summed E-state index contributed by atoms with van der Waals surface area (Å²) < 4.78 is 18.5. The summed E-state index contributed by atoms with van der Waals surface area (Å²) in [7, 11) is 0. The fourth-order valence-corrected chi connectivity index (χ4v) is 15.0. The summed E-state index contributed by atoms with van der Waals surface area (Å²) >= 11 is 0. The molecule has 0 spiro atoms. The highest BCUT2D eigenvalue weighted by atomic mass is 16.3. The summed E-state index contributed by atoms with van der Waals surface area (Å²) in [4.78, 5) is 5.37. The molecule has 0 unspecified atom stereocenters. The maximum absolute atomic E-state index is 6.77. The van der Waals surface area contributed by atoms with Crippen molar-refractivity contribution < 1.29 is 8.83 Å². The number of unbranched alkanes of at least 4 members (excludes halogenated alkanes) is 2. The van der Waals surface area contributed by atoms with Crippen molar-refractivity contribution in [1.82, 2.24) is 9.13 Å². The molecule has 0 bridgehead atoms. The summed E-state index contributed by atoms with van der Waals surface area (Å²) in [5.41, 5.74) is 25.4. The first-order chi connectivity index (χ1) is 41.7. The molecule has 2 aliphatic rings. The number of hydrogen-bond donors (Lipinski definition) is 0. The van der Waals surface area contributed by atoms with Crippen molar-refractivity contribution in [2.24, 2.45) is 0 Å². The van der Waals surface area contributed by atoms with Gasteiger partial charge in [0, 0.05) is 77.2 Å². The third kappa shape index (κ3) is 7.32. The van der Waals surface area contributed by atoms with Gasteiger partial charge in [0.15, 0.2) is 0 Å². The molecule has 0 radical (unpaired) electrons. The second kappa shape index (κ2) is 18.9. The third-order valence-corrected chi connectivity index (χ3v) is 18.9. The highest BCUT2D eigenvalue weighted by molar-refractivity contribution is 7.00. The zero-order valence-corrected chi connectivity index (χ0v) is 48.7. The summed E-state index contributed by atoms with van der Waals surface area (Å²) in [6.45, 7) is 11.6. The molecule has 7 heteroatoms. The van der Waals surface area contributed by atoms with E-state index in [0.29, 0.717) is 0 Å². The van der Waals surface area contributed by atoms with Gasteiger partial charge in [-0.3, -0.25) is 0 Å². The standard InChI is InChI=1S/C78H63BN4O2/c1-6-8-22-55-65(40-42-73-75(55)57-28-14-20-34-71(57)84-73)82-67-46-49(80-61-30-16-10-24-51(61)52-25-11-17-31-62(52)80)36-38-59(67)79-60-39-37-50(81-63-32-18-12-26-53(63)54-27-13-19-33-64(54)81)47-68(60)83(70-45-48(78(3,4)5)44-69(82)77(70)79)66-41-43-74-76(56(66)23-9-7-2)58-29-15-21-35-72(58)85-74/h10-21,24-47H,6-9,22-23H2,1-5H3. The maximum atomic E-state index is 6.77. The van der Waals surface area contributed by atoms with Crippen LogP contribution in [0.5, 0.6) is 0 Å². The van der Waals surface area contributed by atoms with Crippen molar-refractivity contribution in [3.05, 3.63) is 235 Å². The van der Waals surface area contributed by atoms with E-state index in [9.17, 15) is 0 Å². The van der Waals surface area contributed by atoms with Crippen molar-refractivity contribution in [2.45, 2.75) is 78.6 Å². The molecule has 2 aliphatic heterocycles. The summed E-state index contributed by atoms with van der Waals surface area (Å²) in [5.74, 6) is 0. The number of hydrogen-bond acceptors (Lipinski definition) is 4. The number of benzene rings is 11. The number of aromatic nitrogens is 2. The van der Waals surface area contributed by atoms with E-state index in [0.717, 1.165) is 83.0 Å². The van der Waals surface area contributed by atoms with Crippen molar-refractivity contribution in [2.75, 3.05) is 9.80 Å². The van der Waals surface area contributed by atoms with E-state index in [1.165, 1.54) is 122 Å². The average molecular weight is 1100 g/mol. The molecule has 11 aromatic carbocycles. The topological polar surface area (TPSA) is 42.6 Å². The molecular formula is C78H63BN4O2. The number of furan rings is 2. The second-order valence-corrected chi connectivity index (χ2v) is 24.8. The lowest BCUT2D eigenvalue weighted by atomic mass is 9.33. The van der Waals surface area contributed by atoms with Gasteiger partial charge in [-0.2, -0.15) is 0 Å². The zero-order valence-electron chi connectivity index (χ0n) is 48.7. The monoisotopic (exact) mass is 1100 g/mol. The summed E-state index contributed by atoms with van der Waals surface area (Å²) in [5, 5.41) is 9.71. The molecule has 85 heavy (non-hydrogen) atoms. The Morgan fingerprint density at radius 3 is 1.13 bits per heavy atom. The van der Waals surface area contributed by atoms with Crippen LogP contribution < -0.4 is 26.2 Å². The lowest BCUT2D eigenvalue weighted by Crippen LogP contribution is -2.61. The fraction of sp³-hybridized carbons (Fsp3) is 0.154. The van der Waals surface area contributed by atoms with Gasteiger partial charge in [0.05, 0.1) is 33.4 Å². The highest BCUT2D eigenvalue weighted by Crippen LogP contribution is 2.52. The Morgan fingerprint density at radius 1 is 0.365 bits per heavy atom. The van der Waals surface area contributed by atoms with E-state index in [1.54, 1.807) is 0 Å². The molecule has 0 aliphatic carbocycles. The van der Waals surface area contributed by atoms with E-state index in [2.05, 4.69) is 272 Å². The summed E-state index contributed by atoms with van der Waals surface area (Å²) in [6, 6.07) is 82.0. The van der Waals surface area contributed by atoms with Crippen molar-refractivity contribution in [3.63, 3.8) is 0 Å². The molecule has 6 nitrogen and oxygen atoms in total. The van der Waals surface area contributed by atoms with Crippen LogP contribution in [-0.2, 0) is 18.3 Å². The van der Waals surface area contributed by atoms with Gasteiger partial charge in [0.1, 0.15) is 22.3 Å². The number of nitrogens with zero attached hydrogens (tertiary/aromatic N) is 4. The maximum Gasteiger partial charge on any atom is 0.252 e. The minimum absolute atomic E-state index is 0.133. The Labute approximate surface area is 494 Å². The lowest BCUT2D eigenvalue weighted by molar-refractivity contribution is 0.590. The Hall–Kier alpha value is -9.72. The van der Waals surface area contributed by atoms with Gasteiger partial charge in [0.25, 0.3) is 6.71 Å². The van der Waals surface area contributed by atoms with Crippen LogP contribution in [-0.4, -0.2) is 15.8 Å². The van der Waals surface area contributed by atoms with Crippen LogP contribution in [0, 0.1) is 0 Å². The molecule has 4 aromatic heterocycles. The van der Waals surface area contributed by atoms with Gasteiger partial charge in [-0.05, 0) is 161 Å². The van der Waals surface area contributed by atoms with Crippen LogP contribution in [0.4, 0.5) is 34.1 Å². The van der Waals surface area contributed by atoms with Gasteiger partial charge in [-0.25, -0.2) is 0 Å². The fourth-order valence-electron chi connectivity index (χ4n) is 15.0. The smallest absolute Gasteiger partial charge is 0.252 e. The Balaban J connectivity index is 1.02. The van der Waals surface area contributed by atoms with E-state index in [4.69, 9.17) is 8.83 Å². The Morgan fingerprint density at radius 2 is 0.741 bits per heavy atom. The number of fused-ring (bicyclic) bond motifs is 16. The molecule has 15 aromatic rings. The predicted molar refractivity (Wildman–Crippen MR) is 360 cm³/mol. The van der Waals surface area contributed by atoms with Crippen LogP contribution in [0.3, 0.4) is 0 Å². The SMILES string of the molecule is CCCCc1c(N2c3cc(-n4c5ccccc5c5ccccc54)ccc3B3c4ccc(-n5c6ccccc6c6ccccc65)cc4N(c4ccc5oc6ccccc6c5c4CCCC)c4cc(C(C)(C)C)cc2c43)ccc2oc3ccccc3c12. The highest BCUT2D eigenvalue weighted by Gasteiger charge is 2.45.